The molecule has 2 aromatic rings. The predicted molar refractivity (Wildman–Crippen MR) is 104 cm³/mol. The third kappa shape index (κ3) is 3.90. The Morgan fingerprint density at radius 1 is 1.25 bits per heavy atom. The van der Waals surface area contributed by atoms with Gasteiger partial charge in [-0.2, -0.15) is 0 Å². The smallest absolute Gasteiger partial charge is 0.340 e. The van der Waals surface area contributed by atoms with Crippen LogP contribution in [0, 0.1) is 13.8 Å². The molecular formula is C19H25N3O5S. The zero-order chi connectivity index (χ0) is 20.5. The number of ether oxygens (including phenoxy) is 1. The highest BCUT2D eigenvalue weighted by atomic mass is 32.2. The van der Waals surface area contributed by atoms with Crippen molar-refractivity contribution < 1.29 is 22.5 Å². The number of hydrogen-bond acceptors (Lipinski definition) is 7. The van der Waals surface area contributed by atoms with E-state index in [1.807, 2.05) is 0 Å². The number of sulfonamides is 1. The molecule has 1 aromatic heterocycles. The van der Waals surface area contributed by atoms with E-state index in [2.05, 4.69) is 10.1 Å². The van der Waals surface area contributed by atoms with Crippen molar-refractivity contribution in [2.45, 2.75) is 38.2 Å². The van der Waals surface area contributed by atoms with Crippen LogP contribution in [0.25, 0.3) is 0 Å². The Balaban J connectivity index is 1.94. The van der Waals surface area contributed by atoms with Crippen molar-refractivity contribution in [3.05, 3.63) is 40.8 Å². The fraction of sp³-hybridized carbons (Fsp3) is 0.474. The minimum absolute atomic E-state index is 0.0180. The lowest BCUT2D eigenvalue weighted by Gasteiger charge is -2.22. The van der Waals surface area contributed by atoms with Gasteiger partial charge in [-0.1, -0.05) is 5.16 Å². The number of benzene rings is 1. The molecule has 0 radical (unpaired) electrons. The SMILES string of the molecule is Cc1noc(C)c1COC(=O)c1cc(S(=O)(=O)N(C)C)ccc1N1CCCC1. The number of anilines is 1. The second-order valence-corrected chi connectivity index (χ2v) is 9.19. The topological polar surface area (TPSA) is 92.9 Å². The van der Waals surface area contributed by atoms with Crippen LogP contribution in [0.5, 0.6) is 0 Å². The fourth-order valence-electron chi connectivity index (χ4n) is 3.21. The molecule has 1 fully saturated rings. The van der Waals surface area contributed by atoms with Crippen LogP contribution < -0.4 is 4.90 Å². The lowest BCUT2D eigenvalue weighted by Crippen LogP contribution is -2.24. The van der Waals surface area contributed by atoms with Gasteiger partial charge in [0.1, 0.15) is 12.4 Å². The van der Waals surface area contributed by atoms with Gasteiger partial charge in [-0.05, 0) is 44.9 Å². The first-order valence-corrected chi connectivity index (χ1v) is 10.6. The average Bonchev–Trinajstić information content (AvgIpc) is 3.30. The van der Waals surface area contributed by atoms with E-state index in [0.29, 0.717) is 22.7 Å². The maximum Gasteiger partial charge on any atom is 0.340 e. The summed E-state index contributed by atoms with van der Waals surface area (Å²) in [4.78, 5) is 15.0. The van der Waals surface area contributed by atoms with Gasteiger partial charge in [-0.15, -0.1) is 0 Å². The molecule has 0 amide bonds. The number of aryl methyl sites for hydroxylation is 2. The fourth-order valence-corrected chi connectivity index (χ4v) is 4.14. The molecule has 8 nitrogen and oxygen atoms in total. The van der Waals surface area contributed by atoms with Crippen LogP contribution in [0.15, 0.2) is 27.6 Å². The summed E-state index contributed by atoms with van der Waals surface area (Å²) >= 11 is 0. The molecule has 0 N–H and O–H groups in total. The number of esters is 1. The summed E-state index contributed by atoms with van der Waals surface area (Å²) in [6.07, 6.45) is 2.07. The molecule has 0 spiro atoms. The van der Waals surface area contributed by atoms with Crippen LogP contribution in [-0.4, -0.2) is 51.0 Å². The lowest BCUT2D eigenvalue weighted by molar-refractivity contribution is 0.0471. The molecule has 0 unspecified atom stereocenters. The summed E-state index contributed by atoms with van der Waals surface area (Å²) in [5, 5.41) is 3.85. The normalized spacial score (nSPS) is 14.7. The lowest BCUT2D eigenvalue weighted by atomic mass is 10.1. The predicted octanol–water partition coefficient (Wildman–Crippen LogP) is 2.50. The molecule has 0 atom stereocenters. The molecule has 0 saturated carbocycles. The van der Waals surface area contributed by atoms with Gasteiger partial charge in [0.15, 0.2) is 0 Å². The zero-order valence-electron chi connectivity index (χ0n) is 16.6. The first kappa shape index (κ1) is 20.3. The van der Waals surface area contributed by atoms with Crippen LogP contribution in [-0.2, 0) is 21.4 Å². The Kier molecular flexibility index (Phi) is 5.76. The monoisotopic (exact) mass is 407 g/mol. The molecule has 0 bridgehead atoms. The number of nitrogens with zero attached hydrogens (tertiary/aromatic N) is 3. The third-order valence-corrected chi connectivity index (χ3v) is 6.75. The van der Waals surface area contributed by atoms with Crippen LogP contribution >= 0.6 is 0 Å². The van der Waals surface area contributed by atoms with E-state index in [-0.39, 0.29) is 17.1 Å². The summed E-state index contributed by atoms with van der Waals surface area (Å²) < 4.78 is 36.7. The highest BCUT2D eigenvalue weighted by Gasteiger charge is 2.25. The van der Waals surface area contributed by atoms with E-state index in [4.69, 9.17) is 9.26 Å². The summed E-state index contributed by atoms with van der Waals surface area (Å²) in [6, 6.07) is 4.63. The first-order valence-electron chi connectivity index (χ1n) is 9.12. The maximum atomic E-state index is 12.9. The standard InChI is InChI=1S/C19H25N3O5S/c1-13-17(14(2)27-20-13)12-26-19(23)16-11-15(28(24,25)21(3)4)7-8-18(16)22-9-5-6-10-22/h7-8,11H,5-6,9-10,12H2,1-4H3. The molecule has 3 rings (SSSR count). The van der Waals surface area contributed by atoms with Crippen LogP contribution in [0.1, 0.15) is 40.2 Å². The summed E-state index contributed by atoms with van der Waals surface area (Å²) in [7, 11) is -0.748. The highest BCUT2D eigenvalue weighted by molar-refractivity contribution is 7.89. The molecule has 152 valence electrons. The van der Waals surface area contributed by atoms with E-state index in [9.17, 15) is 13.2 Å². The Bertz CT molecular complexity index is 956. The minimum Gasteiger partial charge on any atom is -0.457 e. The van der Waals surface area contributed by atoms with Gasteiger partial charge in [-0.25, -0.2) is 17.5 Å². The first-order chi connectivity index (χ1) is 13.2. The van der Waals surface area contributed by atoms with Gasteiger partial charge in [-0.3, -0.25) is 0 Å². The molecule has 1 aliphatic heterocycles. The Hall–Kier alpha value is -2.39. The Morgan fingerprint density at radius 3 is 2.50 bits per heavy atom. The van der Waals surface area contributed by atoms with Gasteiger partial charge in [0.25, 0.3) is 0 Å². The molecule has 1 aliphatic rings. The molecule has 9 heteroatoms. The van der Waals surface area contributed by atoms with Crippen LogP contribution in [0.4, 0.5) is 5.69 Å². The van der Waals surface area contributed by atoms with Gasteiger partial charge in [0.2, 0.25) is 10.0 Å². The zero-order valence-corrected chi connectivity index (χ0v) is 17.4. The molecule has 2 heterocycles. The maximum absolute atomic E-state index is 12.9. The Morgan fingerprint density at radius 2 is 1.93 bits per heavy atom. The average molecular weight is 407 g/mol. The summed E-state index contributed by atoms with van der Waals surface area (Å²) in [5.74, 6) is 0.0201. The van der Waals surface area contributed by atoms with Gasteiger partial charge in [0.05, 0.1) is 27.4 Å². The quantitative estimate of drug-likeness (QED) is 0.679. The van der Waals surface area contributed by atoms with E-state index in [1.165, 1.54) is 26.2 Å². The number of carbonyl (C=O) groups is 1. The van der Waals surface area contributed by atoms with E-state index in [0.717, 1.165) is 30.2 Å². The van der Waals surface area contributed by atoms with Crippen LogP contribution in [0.2, 0.25) is 0 Å². The molecule has 0 aliphatic carbocycles. The van der Waals surface area contributed by atoms with Crippen molar-refractivity contribution in [1.29, 1.82) is 0 Å². The van der Waals surface area contributed by atoms with Crippen molar-refractivity contribution in [1.82, 2.24) is 9.46 Å². The number of carbonyl (C=O) groups excluding carboxylic acids is 1. The van der Waals surface area contributed by atoms with Crippen molar-refractivity contribution in [3.63, 3.8) is 0 Å². The second kappa shape index (κ2) is 7.92. The van der Waals surface area contributed by atoms with Crippen molar-refractivity contribution in [2.75, 3.05) is 32.1 Å². The highest BCUT2D eigenvalue weighted by Crippen LogP contribution is 2.29. The van der Waals surface area contributed by atoms with E-state index < -0.39 is 16.0 Å². The van der Waals surface area contributed by atoms with Gasteiger partial charge < -0.3 is 14.2 Å². The Labute approximate surface area is 165 Å². The molecule has 28 heavy (non-hydrogen) atoms. The number of aromatic nitrogens is 1. The molecular weight excluding hydrogens is 382 g/mol. The minimum atomic E-state index is -3.66. The van der Waals surface area contributed by atoms with Crippen molar-refractivity contribution >= 4 is 21.7 Å². The molecule has 1 saturated heterocycles. The molecule has 1 aromatic carbocycles. The third-order valence-electron chi connectivity index (χ3n) is 4.94. The summed E-state index contributed by atoms with van der Waals surface area (Å²) in [5.41, 5.74) is 2.32. The van der Waals surface area contributed by atoms with E-state index >= 15 is 0 Å². The van der Waals surface area contributed by atoms with E-state index in [1.54, 1.807) is 19.9 Å². The number of rotatable bonds is 6. The van der Waals surface area contributed by atoms with Gasteiger partial charge in [0, 0.05) is 27.2 Å². The van der Waals surface area contributed by atoms with Crippen molar-refractivity contribution in [2.24, 2.45) is 0 Å². The largest absolute Gasteiger partial charge is 0.457 e. The van der Waals surface area contributed by atoms with Crippen molar-refractivity contribution in [3.8, 4) is 0 Å². The van der Waals surface area contributed by atoms with Crippen LogP contribution in [0.3, 0.4) is 0 Å². The second-order valence-electron chi connectivity index (χ2n) is 7.04. The summed E-state index contributed by atoms with van der Waals surface area (Å²) in [6.45, 7) is 5.20. The number of hydrogen-bond donors (Lipinski definition) is 0. The van der Waals surface area contributed by atoms with Gasteiger partial charge >= 0.3 is 5.97 Å².